The predicted octanol–water partition coefficient (Wildman–Crippen LogP) is 4.50. The molecule has 0 fully saturated rings. The van der Waals surface area contributed by atoms with Crippen LogP contribution < -0.4 is 0 Å². The Labute approximate surface area is 96.6 Å². The fourth-order valence-corrected chi connectivity index (χ4v) is 1.60. The van der Waals surface area contributed by atoms with E-state index in [1.807, 2.05) is 36.4 Å². The lowest BCUT2D eigenvalue weighted by atomic mass is 10.1. The Balaban J connectivity index is 2.27. The third-order valence-electron chi connectivity index (χ3n) is 2.47. The van der Waals surface area contributed by atoms with Crippen LogP contribution in [0.1, 0.15) is 16.7 Å². The summed E-state index contributed by atoms with van der Waals surface area (Å²) in [6.07, 6.45) is 6.11. The van der Waals surface area contributed by atoms with Crippen LogP contribution in [0.3, 0.4) is 0 Å². The van der Waals surface area contributed by atoms with Crippen LogP contribution in [0.5, 0.6) is 0 Å². The van der Waals surface area contributed by atoms with Crippen molar-refractivity contribution in [2.75, 3.05) is 0 Å². The molecule has 0 spiro atoms. The van der Waals surface area contributed by atoms with E-state index in [-0.39, 0.29) is 0 Å². The van der Waals surface area contributed by atoms with Crippen LogP contribution >= 0.6 is 0 Å². The van der Waals surface area contributed by atoms with Gasteiger partial charge in [-0.05, 0) is 16.7 Å². The molecule has 0 aliphatic rings. The lowest BCUT2D eigenvalue weighted by molar-refractivity contribution is 1.61. The zero-order valence-corrected chi connectivity index (χ0v) is 9.14. The predicted molar refractivity (Wildman–Crippen MR) is 71.9 cm³/mol. The van der Waals surface area contributed by atoms with Gasteiger partial charge in [0.05, 0.1) is 0 Å². The molecule has 2 rings (SSSR count). The van der Waals surface area contributed by atoms with Crippen molar-refractivity contribution in [2.24, 2.45) is 0 Å². The fraction of sp³-hybridized carbons (Fsp3) is 0. The number of hydrogen-bond acceptors (Lipinski definition) is 0. The second-order valence-corrected chi connectivity index (χ2v) is 3.58. The van der Waals surface area contributed by atoms with E-state index < -0.39 is 0 Å². The van der Waals surface area contributed by atoms with Gasteiger partial charge in [0.2, 0.25) is 0 Å². The summed E-state index contributed by atoms with van der Waals surface area (Å²) in [7, 11) is 0. The van der Waals surface area contributed by atoms with Crippen LogP contribution in [0.15, 0.2) is 61.2 Å². The maximum Gasteiger partial charge on any atom is -0.0184 e. The molecule has 0 amide bonds. The van der Waals surface area contributed by atoms with Crippen molar-refractivity contribution in [2.45, 2.75) is 0 Å². The van der Waals surface area contributed by atoms with Gasteiger partial charge in [-0.15, -0.1) is 0 Å². The average molecular weight is 206 g/mol. The molecule has 0 aromatic heterocycles. The standard InChI is InChI=1S/C16H14/c1-2-15-10-6-7-11-16(15)13-12-14-8-4-3-5-9-14/h2-13H,1H2/b13-12+. The summed E-state index contributed by atoms with van der Waals surface area (Å²) < 4.78 is 0. The largest absolute Gasteiger partial charge is 0.0984 e. The SMILES string of the molecule is C=Cc1ccccc1/C=C/c1ccccc1. The first-order chi connectivity index (χ1) is 7.90. The van der Waals surface area contributed by atoms with Gasteiger partial charge in [0, 0.05) is 0 Å². The second kappa shape index (κ2) is 5.13. The molecule has 0 unspecified atom stereocenters. The maximum atomic E-state index is 3.81. The molecule has 0 aliphatic carbocycles. The Kier molecular flexibility index (Phi) is 3.35. The summed E-state index contributed by atoms with van der Waals surface area (Å²) in [6, 6.07) is 18.5. The minimum atomic E-state index is 1.16. The zero-order chi connectivity index (χ0) is 11.2. The molecule has 0 atom stereocenters. The van der Waals surface area contributed by atoms with Gasteiger partial charge in [0.1, 0.15) is 0 Å². The van der Waals surface area contributed by atoms with Crippen molar-refractivity contribution in [3.63, 3.8) is 0 Å². The Hall–Kier alpha value is -2.08. The van der Waals surface area contributed by atoms with E-state index in [2.05, 4.69) is 43.0 Å². The summed E-state index contributed by atoms with van der Waals surface area (Å²) in [5.74, 6) is 0. The number of hydrogen-bond donors (Lipinski definition) is 0. The molecular weight excluding hydrogens is 192 g/mol. The second-order valence-electron chi connectivity index (χ2n) is 3.58. The molecule has 0 nitrogen and oxygen atoms in total. The van der Waals surface area contributed by atoms with Crippen LogP contribution in [-0.2, 0) is 0 Å². The van der Waals surface area contributed by atoms with Crippen LogP contribution in [0.25, 0.3) is 18.2 Å². The molecule has 0 heterocycles. The maximum absolute atomic E-state index is 3.81. The van der Waals surface area contributed by atoms with E-state index in [9.17, 15) is 0 Å². The monoisotopic (exact) mass is 206 g/mol. The summed E-state index contributed by atoms with van der Waals surface area (Å²) in [5.41, 5.74) is 3.57. The van der Waals surface area contributed by atoms with Gasteiger partial charge in [-0.1, -0.05) is 79.4 Å². The smallest absolute Gasteiger partial charge is 0.0184 e. The van der Waals surface area contributed by atoms with Gasteiger partial charge in [-0.3, -0.25) is 0 Å². The van der Waals surface area contributed by atoms with Gasteiger partial charge in [-0.2, -0.15) is 0 Å². The Bertz CT molecular complexity index is 492. The quantitative estimate of drug-likeness (QED) is 0.648. The Morgan fingerprint density at radius 1 is 0.688 bits per heavy atom. The van der Waals surface area contributed by atoms with Gasteiger partial charge < -0.3 is 0 Å². The van der Waals surface area contributed by atoms with Crippen LogP contribution in [0.4, 0.5) is 0 Å². The molecule has 0 heteroatoms. The summed E-state index contributed by atoms with van der Waals surface area (Å²) in [4.78, 5) is 0. The molecule has 78 valence electrons. The van der Waals surface area contributed by atoms with Crippen molar-refractivity contribution in [3.8, 4) is 0 Å². The van der Waals surface area contributed by atoms with Gasteiger partial charge in [0.25, 0.3) is 0 Å². The first-order valence-corrected chi connectivity index (χ1v) is 5.35. The lowest BCUT2D eigenvalue weighted by Crippen LogP contribution is -1.78. The summed E-state index contributed by atoms with van der Waals surface area (Å²) in [5, 5.41) is 0. The minimum absolute atomic E-state index is 1.16. The highest BCUT2D eigenvalue weighted by atomic mass is 14.0. The molecule has 2 aromatic carbocycles. The molecule has 0 saturated carbocycles. The third kappa shape index (κ3) is 2.48. The summed E-state index contributed by atoms with van der Waals surface area (Å²) >= 11 is 0. The van der Waals surface area contributed by atoms with Crippen molar-refractivity contribution in [3.05, 3.63) is 77.9 Å². The molecule has 16 heavy (non-hydrogen) atoms. The number of benzene rings is 2. The highest BCUT2D eigenvalue weighted by Gasteiger charge is 1.92. The van der Waals surface area contributed by atoms with Crippen LogP contribution in [0.2, 0.25) is 0 Å². The highest BCUT2D eigenvalue weighted by Crippen LogP contribution is 2.13. The molecular formula is C16H14. The van der Waals surface area contributed by atoms with E-state index in [4.69, 9.17) is 0 Å². The van der Waals surface area contributed by atoms with E-state index >= 15 is 0 Å². The molecule has 0 N–H and O–H groups in total. The highest BCUT2D eigenvalue weighted by molar-refractivity contribution is 5.74. The van der Waals surface area contributed by atoms with Crippen molar-refractivity contribution >= 4 is 18.2 Å². The number of rotatable bonds is 3. The van der Waals surface area contributed by atoms with Crippen LogP contribution in [-0.4, -0.2) is 0 Å². The third-order valence-corrected chi connectivity index (χ3v) is 2.47. The molecule has 0 bridgehead atoms. The normalized spacial score (nSPS) is 10.5. The minimum Gasteiger partial charge on any atom is -0.0984 e. The first-order valence-electron chi connectivity index (χ1n) is 5.35. The van der Waals surface area contributed by atoms with Gasteiger partial charge in [-0.25, -0.2) is 0 Å². The van der Waals surface area contributed by atoms with Crippen molar-refractivity contribution in [1.29, 1.82) is 0 Å². The zero-order valence-electron chi connectivity index (χ0n) is 9.14. The van der Waals surface area contributed by atoms with Gasteiger partial charge >= 0.3 is 0 Å². The van der Waals surface area contributed by atoms with E-state index in [0.717, 1.165) is 5.56 Å². The first kappa shape index (κ1) is 10.4. The summed E-state index contributed by atoms with van der Waals surface area (Å²) in [6.45, 7) is 3.81. The average Bonchev–Trinajstić information content (AvgIpc) is 2.38. The van der Waals surface area contributed by atoms with E-state index in [1.54, 1.807) is 0 Å². The van der Waals surface area contributed by atoms with E-state index in [1.165, 1.54) is 11.1 Å². The Morgan fingerprint density at radius 2 is 1.31 bits per heavy atom. The lowest BCUT2D eigenvalue weighted by Gasteiger charge is -1.99. The van der Waals surface area contributed by atoms with Gasteiger partial charge in [0.15, 0.2) is 0 Å². The Morgan fingerprint density at radius 3 is 2.00 bits per heavy atom. The molecule has 0 saturated heterocycles. The van der Waals surface area contributed by atoms with Crippen LogP contribution in [0, 0.1) is 0 Å². The molecule has 0 radical (unpaired) electrons. The molecule has 0 aliphatic heterocycles. The molecule has 2 aromatic rings. The van der Waals surface area contributed by atoms with Crippen molar-refractivity contribution in [1.82, 2.24) is 0 Å². The fourth-order valence-electron chi connectivity index (χ4n) is 1.60. The van der Waals surface area contributed by atoms with Crippen molar-refractivity contribution < 1.29 is 0 Å². The van der Waals surface area contributed by atoms with E-state index in [0.29, 0.717) is 0 Å². The topological polar surface area (TPSA) is 0 Å².